The predicted octanol–water partition coefficient (Wildman–Crippen LogP) is 2.89. The lowest BCUT2D eigenvalue weighted by Crippen LogP contribution is -2.18. The highest BCUT2D eigenvalue weighted by Gasteiger charge is 2.17. The minimum atomic E-state index is -0.0641. The fourth-order valence-corrected chi connectivity index (χ4v) is 1.94. The molecule has 2 unspecified atom stereocenters. The summed E-state index contributed by atoms with van der Waals surface area (Å²) in [6, 6.07) is 13.7. The van der Waals surface area contributed by atoms with Gasteiger partial charge in [-0.05, 0) is 29.8 Å². The summed E-state index contributed by atoms with van der Waals surface area (Å²) < 4.78 is 5.14. The van der Waals surface area contributed by atoms with Gasteiger partial charge < -0.3 is 10.5 Å². The average Bonchev–Trinajstić information content (AvgIpc) is 2.47. The molecule has 1 aromatic heterocycles. The zero-order valence-corrected chi connectivity index (χ0v) is 10.7. The van der Waals surface area contributed by atoms with Crippen molar-refractivity contribution in [3.8, 4) is 5.75 Å². The van der Waals surface area contributed by atoms with Gasteiger partial charge in [0.05, 0.1) is 7.11 Å². The molecule has 0 saturated heterocycles. The Morgan fingerprint density at radius 2 is 1.83 bits per heavy atom. The van der Waals surface area contributed by atoms with Gasteiger partial charge in [-0.2, -0.15) is 0 Å². The van der Waals surface area contributed by atoms with E-state index in [-0.39, 0.29) is 12.0 Å². The lowest BCUT2D eigenvalue weighted by molar-refractivity contribution is 0.414. The van der Waals surface area contributed by atoms with E-state index in [1.165, 1.54) is 0 Å². The van der Waals surface area contributed by atoms with Crippen molar-refractivity contribution in [2.75, 3.05) is 7.11 Å². The first-order valence-corrected chi connectivity index (χ1v) is 6.03. The van der Waals surface area contributed by atoms with E-state index in [0.717, 1.165) is 17.0 Å². The van der Waals surface area contributed by atoms with Crippen molar-refractivity contribution in [3.05, 3.63) is 59.9 Å². The van der Waals surface area contributed by atoms with Crippen LogP contribution >= 0.6 is 0 Å². The number of benzene rings is 1. The number of ether oxygens (including phenoxy) is 1. The zero-order chi connectivity index (χ0) is 13.0. The third kappa shape index (κ3) is 2.68. The van der Waals surface area contributed by atoms with Crippen LogP contribution in [0.25, 0.3) is 0 Å². The van der Waals surface area contributed by atoms with Crippen molar-refractivity contribution >= 4 is 0 Å². The summed E-state index contributed by atoms with van der Waals surface area (Å²) in [4.78, 5) is 4.35. The quantitative estimate of drug-likeness (QED) is 0.896. The third-order valence-electron chi connectivity index (χ3n) is 3.19. The Labute approximate surface area is 108 Å². The van der Waals surface area contributed by atoms with Gasteiger partial charge in [-0.1, -0.05) is 25.1 Å². The summed E-state index contributed by atoms with van der Waals surface area (Å²) in [6.45, 7) is 2.09. The fourth-order valence-electron chi connectivity index (χ4n) is 1.94. The molecule has 1 aromatic carbocycles. The van der Waals surface area contributed by atoms with Crippen LogP contribution < -0.4 is 10.5 Å². The smallest absolute Gasteiger partial charge is 0.118 e. The number of methoxy groups -OCH3 is 1. The van der Waals surface area contributed by atoms with Crippen LogP contribution in [0.3, 0.4) is 0 Å². The second-order valence-corrected chi connectivity index (χ2v) is 4.34. The van der Waals surface area contributed by atoms with Gasteiger partial charge in [0.2, 0.25) is 0 Å². The van der Waals surface area contributed by atoms with Gasteiger partial charge in [-0.25, -0.2) is 0 Å². The second-order valence-electron chi connectivity index (χ2n) is 4.34. The Balaban J connectivity index is 2.17. The number of hydrogen-bond acceptors (Lipinski definition) is 3. The van der Waals surface area contributed by atoms with Crippen molar-refractivity contribution in [1.82, 2.24) is 4.98 Å². The summed E-state index contributed by atoms with van der Waals surface area (Å²) >= 11 is 0. The van der Waals surface area contributed by atoms with Gasteiger partial charge in [0.1, 0.15) is 5.75 Å². The van der Waals surface area contributed by atoms with Gasteiger partial charge in [0.15, 0.2) is 0 Å². The molecule has 0 bridgehead atoms. The lowest BCUT2D eigenvalue weighted by Gasteiger charge is -2.20. The minimum Gasteiger partial charge on any atom is -0.497 e. The fraction of sp³-hybridized carbons (Fsp3) is 0.267. The standard InChI is InChI=1S/C15H18N2O/c1-11(14-5-3-4-10-17-14)15(16)12-6-8-13(18-2)9-7-12/h3-11,15H,16H2,1-2H3. The zero-order valence-electron chi connectivity index (χ0n) is 10.7. The van der Waals surface area contributed by atoms with Crippen molar-refractivity contribution in [3.63, 3.8) is 0 Å². The van der Waals surface area contributed by atoms with E-state index in [9.17, 15) is 0 Å². The second kappa shape index (κ2) is 5.65. The van der Waals surface area contributed by atoms with Crippen LogP contribution in [0.5, 0.6) is 5.75 Å². The Morgan fingerprint density at radius 1 is 1.11 bits per heavy atom. The third-order valence-corrected chi connectivity index (χ3v) is 3.19. The summed E-state index contributed by atoms with van der Waals surface area (Å²) in [6.07, 6.45) is 1.80. The van der Waals surface area contributed by atoms with E-state index >= 15 is 0 Å². The molecular formula is C15H18N2O. The summed E-state index contributed by atoms with van der Waals surface area (Å²) in [5.74, 6) is 1.02. The predicted molar refractivity (Wildman–Crippen MR) is 72.6 cm³/mol. The SMILES string of the molecule is COc1ccc(C(N)C(C)c2ccccn2)cc1. The molecule has 0 amide bonds. The van der Waals surface area contributed by atoms with Crippen LogP contribution in [0.2, 0.25) is 0 Å². The minimum absolute atomic E-state index is 0.0641. The van der Waals surface area contributed by atoms with Crippen LogP contribution in [-0.2, 0) is 0 Å². The molecule has 3 heteroatoms. The Kier molecular flexibility index (Phi) is 3.95. The first kappa shape index (κ1) is 12.6. The molecule has 0 aliphatic heterocycles. The molecule has 2 aromatic rings. The van der Waals surface area contributed by atoms with Gasteiger partial charge in [-0.3, -0.25) is 4.98 Å². The summed E-state index contributed by atoms with van der Waals surface area (Å²) in [5.41, 5.74) is 8.39. The van der Waals surface area contributed by atoms with Crippen LogP contribution in [-0.4, -0.2) is 12.1 Å². The maximum Gasteiger partial charge on any atom is 0.118 e. The van der Waals surface area contributed by atoms with Gasteiger partial charge >= 0.3 is 0 Å². The molecule has 0 fully saturated rings. The molecule has 18 heavy (non-hydrogen) atoms. The van der Waals surface area contributed by atoms with Gasteiger partial charge in [-0.15, -0.1) is 0 Å². The number of nitrogens with two attached hydrogens (primary N) is 1. The van der Waals surface area contributed by atoms with E-state index in [4.69, 9.17) is 10.5 Å². The Hall–Kier alpha value is -1.87. The number of rotatable bonds is 4. The molecule has 1 heterocycles. The highest BCUT2D eigenvalue weighted by atomic mass is 16.5. The van der Waals surface area contributed by atoms with E-state index in [1.54, 1.807) is 13.3 Å². The maximum absolute atomic E-state index is 6.28. The molecule has 0 saturated carbocycles. The van der Waals surface area contributed by atoms with Crippen LogP contribution in [0.1, 0.15) is 30.1 Å². The highest BCUT2D eigenvalue weighted by Crippen LogP contribution is 2.28. The van der Waals surface area contributed by atoms with E-state index < -0.39 is 0 Å². The van der Waals surface area contributed by atoms with Crippen molar-refractivity contribution in [2.45, 2.75) is 18.9 Å². The molecule has 2 rings (SSSR count). The topological polar surface area (TPSA) is 48.1 Å². The van der Waals surface area contributed by atoms with Crippen molar-refractivity contribution in [2.24, 2.45) is 5.73 Å². The van der Waals surface area contributed by atoms with E-state index in [1.807, 2.05) is 42.5 Å². The molecular weight excluding hydrogens is 224 g/mol. The number of pyridine rings is 1. The Morgan fingerprint density at radius 3 is 2.39 bits per heavy atom. The number of hydrogen-bond donors (Lipinski definition) is 1. The van der Waals surface area contributed by atoms with Crippen LogP contribution in [0.4, 0.5) is 0 Å². The molecule has 0 aliphatic carbocycles. The lowest BCUT2D eigenvalue weighted by atomic mass is 9.92. The molecule has 0 radical (unpaired) electrons. The first-order valence-electron chi connectivity index (χ1n) is 6.03. The highest BCUT2D eigenvalue weighted by molar-refractivity contribution is 5.30. The normalized spacial score (nSPS) is 13.9. The van der Waals surface area contributed by atoms with Crippen LogP contribution in [0.15, 0.2) is 48.7 Å². The molecule has 2 atom stereocenters. The van der Waals surface area contributed by atoms with Gasteiger partial charge in [0.25, 0.3) is 0 Å². The molecule has 94 valence electrons. The number of aromatic nitrogens is 1. The molecule has 2 N–H and O–H groups in total. The van der Waals surface area contributed by atoms with Gasteiger partial charge in [0, 0.05) is 23.9 Å². The Bertz CT molecular complexity index is 482. The summed E-state index contributed by atoms with van der Waals surface area (Å²) in [7, 11) is 1.66. The molecule has 3 nitrogen and oxygen atoms in total. The van der Waals surface area contributed by atoms with E-state index in [2.05, 4.69) is 11.9 Å². The first-order chi connectivity index (χ1) is 8.72. The van der Waals surface area contributed by atoms with Crippen LogP contribution in [0, 0.1) is 0 Å². The molecule has 0 spiro atoms. The average molecular weight is 242 g/mol. The maximum atomic E-state index is 6.28. The largest absolute Gasteiger partial charge is 0.497 e. The summed E-state index contributed by atoms with van der Waals surface area (Å²) in [5, 5.41) is 0. The monoisotopic (exact) mass is 242 g/mol. The molecule has 0 aliphatic rings. The van der Waals surface area contributed by atoms with E-state index in [0.29, 0.717) is 0 Å². The van der Waals surface area contributed by atoms with Crippen molar-refractivity contribution in [1.29, 1.82) is 0 Å². The number of nitrogens with zero attached hydrogens (tertiary/aromatic N) is 1. The van der Waals surface area contributed by atoms with Crippen molar-refractivity contribution < 1.29 is 4.74 Å².